The molecule has 0 unspecified atom stereocenters. The van der Waals surface area contributed by atoms with Crippen molar-refractivity contribution in [1.29, 1.82) is 0 Å². The molecule has 1 amide bonds. The molecule has 3 heterocycles. The lowest BCUT2D eigenvalue weighted by Crippen LogP contribution is -2.30. The summed E-state index contributed by atoms with van der Waals surface area (Å²) >= 11 is 5.99. The van der Waals surface area contributed by atoms with Crippen LogP contribution in [0.25, 0.3) is 11.1 Å². The van der Waals surface area contributed by atoms with Crippen LogP contribution in [0.1, 0.15) is 6.04 Å². The zero-order chi connectivity index (χ0) is 25.9. The number of nitrogens with one attached hydrogen (secondary N) is 3. The van der Waals surface area contributed by atoms with E-state index in [2.05, 4.69) is 37.6 Å². The molecular weight excluding hydrogens is 504 g/mol. The third kappa shape index (κ3) is 5.42. The standard InChI is InChI=1S/C25H20ClF2N7O2/c1-2-23(36)31-15-4-6-21(28)22(8-15)33-24-18(14-3-5-20(27)19(26)7-14)10-29-25(34-24)32-16-9-30-35(11-16)17-12-37-13-17/h2-11,17H,1,12-13H2,(H,31,36)(H2,29,32,33,34). The molecule has 2 aromatic carbocycles. The van der Waals surface area contributed by atoms with E-state index in [1.54, 1.807) is 10.9 Å². The van der Waals surface area contributed by atoms with Gasteiger partial charge in [0.05, 0.1) is 41.8 Å². The summed E-state index contributed by atoms with van der Waals surface area (Å²) < 4.78 is 35.5. The average molecular weight is 524 g/mol. The van der Waals surface area contributed by atoms with E-state index in [0.29, 0.717) is 35.7 Å². The Morgan fingerprint density at radius 3 is 2.65 bits per heavy atom. The first-order chi connectivity index (χ1) is 17.9. The largest absolute Gasteiger partial charge is 0.377 e. The highest BCUT2D eigenvalue weighted by molar-refractivity contribution is 6.31. The highest BCUT2D eigenvalue weighted by Gasteiger charge is 2.21. The maximum atomic E-state index is 14.7. The van der Waals surface area contributed by atoms with Crippen molar-refractivity contribution < 1.29 is 18.3 Å². The quantitative estimate of drug-likeness (QED) is 0.263. The maximum Gasteiger partial charge on any atom is 0.247 e. The topological polar surface area (TPSA) is 106 Å². The number of carbonyl (C=O) groups excluding carboxylic acids is 1. The van der Waals surface area contributed by atoms with Gasteiger partial charge in [-0.2, -0.15) is 10.1 Å². The highest BCUT2D eigenvalue weighted by Crippen LogP contribution is 2.33. The predicted molar refractivity (Wildman–Crippen MR) is 136 cm³/mol. The first kappa shape index (κ1) is 24.3. The van der Waals surface area contributed by atoms with Crippen molar-refractivity contribution in [2.75, 3.05) is 29.2 Å². The summed E-state index contributed by atoms with van der Waals surface area (Å²) in [6.45, 7) is 4.60. The number of benzene rings is 2. The Labute approximate surface area is 215 Å². The molecule has 0 radical (unpaired) electrons. The van der Waals surface area contributed by atoms with Gasteiger partial charge in [0.25, 0.3) is 0 Å². The van der Waals surface area contributed by atoms with Gasteiger partial charge in [-0.25, -0.2) is 13.8 Å². The number of rotatable bonds is 8. The van der Waals surface area contributed by atoms with Gasteiger partial charge in [-0.1, -0.05) is 24.2 Å². The van der Waals surface area contributed by atoms with Crippen molar-refractivity contribution in [3.8, 4) is 11.1 Å². The van der Waals surface area contributed by atoms with E-state index >= 15 is 0 Å². The number of aromatic nitrogens is 4. The van der Waals surface area contributed by atoms with Crippen LogP contribution in [0.4, 0.5) is 37.6 Å². The molecule has 1 aliphatic heterocycles. The third-order valence-corrected chi connectivity index (χ3v) is 5.83. The molecule has 0 bridgehead atoms. The van der Waals surface area contributed by atoms with Crippen molar-refractivity contribution in [3.63, 3.8) is 0 Å². The second-order valence-corrected chi connectivity index (χ2v) is 8.53. The van der Waals surface area contributed by atoms with Crippen molar-refractivity contribution in [2.24, 2.45) is 0 Å². The van der Waals surface area contributed by atoms with Crippen LogP contribution in [0.15, 0.2) is 67.6 Å². The molecule has 3 N–H and O–H groups in total. The van der Waals surface area contributed by atoms with Gasteiger partial charge in [-0.3, -0.25) is 9.48 Å². The summed E-state index contributed by atoms with van der Waals surface area (Å²) in [5.41, 5.74) is 1.99. The van der Waals surface area contributed by atoms with E-state index in [1.807, 2.05) is 6.20 Å². The number of hydrogen-bond acceptors (Lipinski definition) is 7. The molecule has 1 saturated heterocycles. The predicted octanol–water partition coefficient (Wildman–Crippen LogP) is 5.45. The summed E-state index contributed by atoms with van der Waals surface area (Å²) in [5, 5.41) is 12.9. The molecule has 0 spiro atoms. The second kappa shape index (κ2) is 10.3. The van der Waals surface area contributed by atoms with E-state index in [1.165, 1.54) is 42.6 Å². The molecule has 12 heteroatoms. The minimum absolute atomic E-state index is 0.0405. The van der Waals surface area contributed by atoms with Gasteiger partial charge in [0.15, 0.2) is 0 Å². The Bertz CT molecular complexity index is 1490. The summed E-state index contributed by atoms with van der Waals surface area (Å²) in [5.74, 6) is -1.19. The number of halogens is 3. The van der Waals surface area contributed by atoms with E-state index in [-0.39, 0.29) is 28.5 Å². The fourth-order valence-electron chi connectivity index (χ4n) is 3.54. The van der Waals surface area contributed by atoms with Crippen LogP contribution in [-0.2, 0) is 9.53 Å². The van der Waals surface area contributed by atoms with Gasteiger partial charge < -0.3 is 20.7 Å². The fourth-order valence-corrected chi connectivity index (χ4v) is 3.72. The van der Waals surface area contributed by atoms with Gasteiger partial charge in [-0.15, -0.1) is 0 Å². The summed E-state index contributed by atoms with van der Waals surface area (Å²) in [4.78, 5) is 20.6. The van der Waals surface area contributed by atoms with Gasteiger partial charge in [0, 0.05) is 23.6 Å². The molecule has 188 valence electrons. The number of hydrogen-bond donors (Lipinski definition) is 3. The van der Waals surface area contributed by atoms with Gasteiger partial charge in [0.1, 0.15) is 17.5 Å². The SMILES string of the molecule is C=CC(=O)Nc1ccc(F)c(Nc2nc(Nc3cnn(C4COC4)c3)ncc2-c2ccc(F)c(Cl)c2)c1. The Morgan fingerprint density at radius 1 is 1.11 bits per heavy atom. The molecule has 4 aromatic rings. The molecule has 0 atom stereocenters. The Kier molecular flexibility index (Phi) is 6.80. The van der Waals surface area contributed by atoms with Crippen LogP contribution in [-0.4, -0.2) is 38.9 Å². The van der Waals surface area contributed by atoms with Crippen LogP contribution in [0.3, 0.4) is 0 Å². The molecule has 1 fully saturated rings. The molecular formula is C25H20ClF2N7O2. The fraction of sp³-hybridized carbons (Fsp3) is 0.120. The molecule has 1 aliphatic rings. The number of amides is 1. The normalized spacial score (nSPS) is 13.1. The Hall–Kier alpha value is -4.35. The number of nitrogens with zero attached hydrogens (tertiary/aromatic N) is 4. The van der Waals surface area contributed by atoms with E-state index in [9.17, 15) is 13.6 Å². The molecule has 9 nitrogen and oxygen atoms in total. The molecule has 0 aliphatic carbocycles. The molecule has 37 heavy (non-hydrogen) atoms. The van der Waals surface area contributed by atoms with Crippen LogP contribution in [0.2, 0.25) is 5.02 Å². The molecule has 0 saturated carbocycles. The summed E-state index contributed by atoms with van der Waals surface area (Å²) in [6.07, 6.45) is 6.05. The minimum atomic E-state index is -0.586. The Morgan fingerprint density at radius 2 is 1.92 bits per heavy atom. The number of carbonyl (C=O) groups is 1. The molecule has 2 aromatic heterocycles. The van der Waals surface area contributed by atoms with Gasteiger partial charge in [-0.05, 0) is 42.0 Å². The lowest BCUT2D eigenvalue weighted by Gasteiger charge is -2.25. The van der Waals surface area contributed by atoms with E-state index in [0.717, 1.165) is 6.08 Å². The lowest BCUT2D eigenvalue weighted by atomic mass is 10.1. The second-order valence-electron chi connectivity index (χ2n) is 8.12. The van der Waals surface area contributed by atoms with Crippen molar-refractivity contribution in [3.05, 3.63) is 84.3 Å². The van der Waals surface area contributed by atoms with E-state index < -0.39 is 17.5 Å². The average Bonchev–Trinajstić information content (AvgIpc) is 3.29. The van der Waals surface area contributed by atoms with Crippen molar-refractivity contribution >= 4 is 46.3 Å². The summed E-state index contributed by atoms with van der Waals surface area (Å²) in [7, 11) is 0. The monoisotopic (exact) mass is 523 g/mol. The van der Waals surface area contributed by atoms with E-state index in [4.69, 9.17) is 16.3 Å². The maximum absolute atomic E-state index is 14.7. The lowest BCUT2D eigenvalue weighted by molar-refractivity contribution is -0.111. The van der Waals surface area contributed by atoms with Crippen LogP contribution >= 0.6 is 11.6 Å². The van der Waals surface area contributed by atoms with Gasteiger partial charge >= 0.3 is 0 Å². The van der Waals surface area contributed by atoms with Crippen LogP contribution < -0.4 is 16.0 Å². The zero-order valence-electron chi connectivity index (χ0n) is 19.2. The summed E-state index contributed by atoms with van der Waals surface area (Å²) in [6, 6.07) is 8.37. The molecule has 5 rings (SSSR count). The van der Waals surface area contributed by atoms with Crippen molar-refractivity contribution in [1.82, 2.24) is 19.7 Å². The van der Waals surface area contributed by atoms with Crippen LogP contribution in [0, 0.1) is 11.6 Å². The zero-order valence-corrected chi connectivity index (χ0v) is 20.0. The smallest absolute Gasteiger partial charge is 0.247 e. The minimum Gasteiger partial charge on any atom is -0.377 e. The highest BCUT2D eigenvalue weighted by atomic mass is 35.5. The van der Waals surface area contributed by atoms with Crippen molar-refractivity contribution in [2.45, 2.75) is 6.04 Å². The van der Waals surface area contributed by atoms with Gasteiger partial charge in [0.2, 0.25) is 11.9 Å². The number of anilines is 5. The first-order valence-corrected chi connectivity index (χ1v) is 11.5. The third-order valence-electron chi connectivity index (χ3n) is 5.54. The first-order valence-electron chi connectivity index (χ1n) is 11.1. The Balaban J connectivity index is 1.50. The van der Waals surface area contributed by atoms with Crippen LogP contribution in [0.5, 0.6) is 0 Å². The number of ether oxygens (including phenoxy) is 1.